The van der Waals surface area contributed by atoms with Crippen LogP contribution in [0.25, 0.3) is 11.2 Å². The molecule has 4 unspecified atom stereocenters. The Bertz CT molecular complexity index is 1160. The number of carbonyl (C=O) groups is 2. The van der Waals surface area contributed by atoms with Gasteiger partial charge in [-0.25, -0.2) is 15.0 Å². The average Bonchev–Trinajstić information content (AvgIpc) is 3.40. The molecule has 12 nitrogen and oxygen atoms in total. The van der Waals surface area contributed by atoms with Crippen LogP contribution in [0.15, 0.2) is 6.33 Å². The van der Waals surface area contributed by atoms with Gasteiger partial charge in [0.25, 0.3) is 5.91 Å². The van der Waals surface area contributed by atoms with Gasteiger partial charge in [0.15, 0.2) is 23.8 Å². The van der Waals surface area contributed by atoms with Gasteiger partial charge in [-0.3, -0.25) is 14.2 Å². The predicted molar refractivity (Wildman–Crippen MR) is 123 cm³/mol. The molecular weight excluding hydrogens is 456 g/mol. The quantitative estimate of drug-likeness (QED) is 0.333. The highest BCUT2D eigenvalue weighted by molar-refractivity contribution is 5.83. The van der Waals surface area contributed by atoms with Gasteiger partial charge in [0.2, 0.25) is 5.82 Å². The van der Waals surface area contributed by atoms with Crippen molar-refractivity contribution >= 4 is 28.9 Å². The molecule has 2 aromatic heterocycles. The Morgan fingerprint density at radius 3 is 2.71 bits per heavy atom. The Labute approximate surface area is 202 Å². The van der Waals surface area contributed by atoms with Crippen LogP contribution in [0.3, 0.4) is 0 Å². The number of anilines is 1. The monoisotopic (exact) mass is 486 g/mol. The predicted octanol–water partition coefficient (Wildman–Crippen LogP) is 0.0289. The first kappa shape index (κ1) is 24.8. The molecule has 12 heteroatoms. The van der Waals surface area contributed by atoms with Crippen LogP contribution in [-0.2, 0) is 19.1 Å². The van der Waals surface area contributed by atoms with E-state index in [1.54, 1.807) is 6.92 Å². The number of esters is 1. The lowest BCUT2D eigenvalue weighted by Crippen LogP contribution is -2.42. The van der Waals surface area contributed by atoms with Crippen LogP contribution in [0, 0.1) is 17.3 Å². The van der Waals surface area contributed by atoms with Crippen LogP contribution in [0.2, 0.25) is 0 Å². The molecule has 0 bridgehead atoms. The Kier molecular flexibility index (Phi) is 7.20. The largest absolute Gasteiger partial charge is 0.469 e. The smallest absolute Gasteiger partial charge is 0.312 e. The summed E-state index contributed by atoms with van der Waals surface area (Å²) in [5.74, 6) is 5.30. The number of ether oxygens (including phenoxy) is 2. The van der Waals surface area contributed by atoms with E-state index < -0.39 is 35.9 Å². The summed E-state index contributed by atoms with van der Waals surface area (Å²) >= 11 is 0. The first-order valence-electron chi connectivity index (χ1n) is 11.7. The molecule has 2 fully saturated rings. The number of nitrogens with two attached hydrogens (primary N) is 1. The van der Waals surface area contributed by atoms with Gasteiger partial charge in [-0.2, -0.15) is 0 Å². The van der Waals surface area contributed by atoms with Crippen LogP contribution in [0.5, 0.6) is 0 Å². The summed E-state index contributed by atoms with van der Waals surface area (Å²) in [7, 11) is 1.39. The summed E-state index contributed by atoms with van der Waals surface area (Å²) in [6.45, 7) is 2.09. The molecule has 0 aromatic carbocycles. The normalized spacial score (nSPS) is 25.6. The first-order valence-corrected chi connectivity index (χ1v) is 11.7. The second-order valence-corrected chi connectivity index (χ2v) is 8.89. The number of aliphatic hydroxyl groups is 2. The molecule has 1 saturated carbocycles. The number of nitrogens with one attached hydrogen (secondary N) is 1. The number of rotatable bonds is 5. The van der Waals surface area contributed by atoms with Gasteiger partial charge in [0.1, 0.15) is 17.7 Å². The number of hydrogen-bond acceptors (Lipinski definition) is 10. The number of aliphatic hydroxyl groups excluding tert-OH is 2. The second-order valence-electron chi connectivity index (χ2n) is 8.89. The summed E-state index contributed by atoms with van der Waals surface area (Å²) in [5.41, 5.74) is 5.93. The number of carbonyl (C=O) groups excluding carboxylic acids is 2. The lowest BCUT2D eigenvalue weighted by molar-refractivity contribution is -0.154. The molecule has 1 aliphatic carbocycles. The minimum absolute atomic E-state index is 0.0757. The maximum Gasteiger partial charge on any atom is 0.312 e. The van der Waals surface area contributed by atoms with Crippen molar-refractivity contribution in [2.75, 3.05) is 19.4 Å². The number of hydrogen-bond donors (Lipinski definition) is 4. The molecule has 0 radical (unpaired) electrons. The van der Waals surface area contributed by atoms with Crippen LogP contribution < -0.4 is 11.1 Å². The number of nitrogen functional groups attached to an aromatic ring is 1. The van der Waals surface area contributed by atoms with Crippen LogP contribution >= 0.6 is 0 Å². The van der Waals surface area contributed by atoms with Gasteiger partial charge in [-0.1, -0.05) is 25.2 Å². The van der Waals surface area contributed by atoms with Crippen LogP contribution in [-0.4, -0.2) is 73.6 Å². The highest BCUT2D eigenvalue weighted by Crippen LogP contribution is 2.40. The Balaban J connectivity index is 1.62. The number of aromatic nitrogens is 4. The van der Waals surface area contributed by atoms with Crippen molar-refractivity contribution in [2.45, 2.75) is 70.0 Å². The molecule has 1 saturated heterocycles. The fourth-order valence-electron chi connectivity index (χ4n) is 4.75. The number of fused-ring (bicyclic) bond motifs is 1. The van der Waals surface area contributed by atoms with Crippen molar-refractivity contribution < 1.29 is 29.3 Å². The summed E-state index contributed by atoms with van der Waals surface area (Å²) in [4.78, 5) is 37.5. The summed E-state index contributed by atoms with van der Waals surface area (Å²) < 4.78 is 12.1. The van der Waals surface area contributed by atoms with E-state index in [0.717, 1.165) is 32.1 Å². The molecule has 0 spiro atoms. The molecule has 188 valence electrons. The molecule has 2 aromatic rings. The zero-order valence-corrected chi connectivity index (χ0v) is 19.7. The Morgan fingerprint density at radius 2 is 2.03 bits per heavy atom. The van der Waals surface area contributed by atoms with Gasteiger partial charge in [-0.05, 0) is 25.7 Å². The topological polar surface area (TPSA) is 175 Å². The van der Waals surface area contributed by atoms with E-state index in [0.29, 0.717) is 13.0 Å². The zero-order valence-electron chi connectivity index (χ0n) is 19.7. The molecule has 2 aliphatic rings. The van der Waals surface area contributed by atoms with E-state index in [1.807, 2.05) is 0 Å². The van der Waals surface area contributed by atoms with E-state index in [9.17, 15) is 19.8 Å². The van der Waals surface area contributed by atoms with Gasteiger partial charge in [0.05, 0.1) is 18.9 Å². The minimum Gasteiger partial charge on any atom is -0.469 e. The third-order valence-corrected chi connectivity index (χ3v) is 6.63. The molecule has 5 N–H and O–H groups in total. The summed E-state index contributed by atoms with van der Waals surface area (Å²) in [6, 6.07) is 0. The van der Waals surface area contributed by atoms with Gasteiger partial charge < -0.3 is 30.7 Å². The molecule has 1 amide bonds. The number of likely N-dealkylation sites (N-methyl/N-ethyl adjacent to an activating group) is 1. The molecule has 35 heavy (non-hydrogen) atoms. The molecule has 4 atom stereocenters. The first-order chi connectivity index (χ1) is 16.8. The van der Waals surface area contributed by atoms with Crippen molar-refractivity contribution in [1.82, 2.24) is 24.8 Å². The third-order valence-electron chi connectivity index (χ3n) is 6.63. The summed E-state index contributed by atoms with van der Waals surface area (Å²) in [6.07, 6.45) is 0.841. The van der Waals surface area contributed by atoms with Crippen molar-refractivity contribution in [1.29, 1.82) is 0 Å². The molecule has 1 aliphatic heterocycles. The maximum absolute atomic E-state index is 12.5. The van der Waals surface area contributed by atoms with E-state index in [1.165, 1.54) is 18.0 Å². The van der Waals surface area contributed by atoms with Gasteiger partial charge in [-0.15, -0.1) is 0 Å². The van der Waals surface area contributed by atoms with Gasteiger partial charge in [0, 0.05) is 13.0 Å². The van der Waals surface area contributed by atoms with Gasteiger partial charge >= 0.3 is 5.97 Å². The Morgan fingerprint density at radius 1 is 1.29 bits per heavy atom. The lowest BCUT2D eigenvalue weighted by Gasteiger charge is -2.32. The molecule has 4 rings (SSSR count). The Hall–Kier alpha value is -3.27. The highest BCUT2D eigenvalue weighted by atomic mass is 16.6. The van der Waals surface area contributed by atoms with Crippen LogP contribution in [0.4, 0.5) is 5.82 Å². The standard InChI is InChI=1S/C23H30N6O6/c1-3-25-20(32)17-15(30)16(31)21(35-17)29-12-26-14-18(24)27-13(28-19(14)29)8-7-11-23(22(33)34-2)9-5-4-6-10-23/h12,15-17,21,30-31H,3-6,9-11H2,1-2H3,(H,25,32)(H2,24,27,28). The van der Waals surface area contributed by atoms with Crippen molar-refractivity contribution in [3.05, 3.63) is 12.2 Å². The molecule has 3 heterocycles. The van der Waals surface area contributed by atoms with E-state index in [-0.39, 0.29) is 28.8 Å². The van der Waals surface area contributed by atoms with Crippen molar-refractivity contribution in [2.24, 2.45) is 5.41 Å². The molecular formula is C23H30N6O6. The minimum atomic E-state index is -1.44. The van der Waals surface area contributed by atoms with E-state index in [2.05, 4.69) is 32.1 Å². The van der Waals surface area contributed by atoms with Crippen LogP contribution in [0.1, 0.15) is 57.5 Å². The number of imidazole rings is 1. The highest BCUT2D eigenvalue weighted by Gasteiger charge is 2.47. The lowest BCUT2D eigenvalue weighted by atomic mass is 9.72. The zero-order chi connectivity index (χ0) is 25.2. The second kappa shape index (κ2) is 10.2. The van der Waals surface area contributed by atoms with E-state index in [4.69, 9.17) is 15.2 Å². The fourth-order valence-corrected chi connectivity index (χ4v) is 4.75. The summed E-state index contributed by atoms with van der Waals surface area (Å²) in [5, 5.41) is 23.5. The van der Waals surface area contributed by atoms with E-state index >= 15 is 0 Å². The maximum atomic E-state index is 12.5. The average molecular weight is 487 g/mol. The third kappa shape index (κ3) is 4.67. The number of methoxy groups -OCH3 is 1. The van der Waals surface area contributed by atoms with Crippen molar-refractivity contribution in [3.8, 4) is 11.8 Å². The SMILES string of the molecule is CCNC(=O)C1OC(n2cnc3c(N)nc(C#CCC4(C(=O)OC)CCCCC4)nc32)C(O)C1O. The number of amides is 1. The fraction of sp³-hybridized carbons (Fsp3) is 0.609. The van der Waals surface area contributed by atoms with Crippen molar-refractivity contribution in [3.63, 3.8) is 0 Å². The number of nitrogens with zero attached hydrogens (tertiary/aromatic N) is 4.